The molecule has 1 unspecified atom stereocenters. The van der Waals surface area contributed by atoms with E-state index in [1.165, 1.54) is 83.1 Å². The lowest BCUT2D eigenvalue weighted by molar-refractivity contribution is -0.142. The highest BCUT2D eigenvalue weighted by molar-refractivity contribution is 5.81. The van der Waals surface area contributed by atoms with E-state index in [4.69, 9.17) is 4.74 Å². The number of hydrogen-bond acceptors (Lipinski definition) is 2. The second kappa shape index (κ2) is 16.6. The van der Waals surface area contributed by atoms with E-state index in [-0.39, 0.29) is 12.1 Å². The normalized spacial score (nSPS) is 12.1. The lowest BCUT2D eigenvalue weighted by atomic mass is 10.0. The van der Waals surface area contributed by atoms with Crippen LogP contribution in [-0.2, 0) is 9.53 Å². The van der Waals surface area contributed by atoms with Crippen molar-refractivity contribution < 1.29 is 9.53 Å². The summed E-state index contributed by atoms with van der Waals surface area (Å²) in [5.41, 5.74) is 0. The van der Waals surface area contributed by atoms with Gasteiger partial charge in [0.25, 0.3) is 0 Å². The number of hydrogen-bond donors (Lipinski definition) is 0. The highest BCUT2D eigenvalue weighted by atomic mass is 16.5. The molecule has 0 saturated carbocycles. The summed E-state index contributed by atoms with van der Waals surface area (Å²) in [6.45, 7) is 7.64. The van der Waals surface area contributed by atoms with Gasteiger partial charge in [-0.05, 0) is 19.8 Å². The predicted octanol–water partition coefficient (Wildman–Crippen LogP) is 6.59. The van der Waals surface area contributed by atoms with Gasteiger partial charge in [0.05, 0.1) is 6.10 Å². The second-order valence-corrected chi connectivity index (χ2v) is 6.48. The first kappa shape index (κ1) is 21.2. The van der Waals surface area contributed by atoms with Crippen LogP contribution in [0.15, 0.2) is 12.7 Å². The first-order valence-corrected chi connectivity index (χ1v) is 9.53. The van der Waals surface area contributed by atoms with Gasteiger partial charge in [-0.2, -0.15) is 0 Å². The third kappa shape index (κ3) is 15.6. The molecular weight excluding hydrogens is 272 g/mol. The van der Waals surface area contributed by atoms with Gasteiger partial charge in [0, 0.05) is 6.08 Å². The Hall–Kier alpha value is -0.790. The van der Waals surface area contributed by atoms with Crippen molar-refractivity contribution in [2.24, 2.45) is 0 Å². The Balaban J connectivity index is 3.14. The number of ether oxygens (including phenoxy) is 1. The molecule has 0 rings (SSSR count). The average Bonchev–Trinajstić information content (AvgIpc) is 2.51. The molecule has 0 N–H and O–H groups in total. The summed E-state index contributed by atoms with van der Waals surface area (Å²) >= 11 is 0. The number of unbranched alkanes of at least 4 members (excludes halogenated alkanes) is 12. The maximum absolute atomic E-state index is 11.0. The van der Waals surface area contributed by atoms with Gasteiger partial charge in [-0.15, -0.1) is 0 Å². The van der Waals surface area contributed by atoms with E-state index in [1.807, 2.05) is 6.92 Å². The van der Waals surface area contributed by atoms with Crippen molar-refractivity contribution in [3.63, 3.8) is 0 Å². The van der Waals surface area contributed by atoms with Crippen LogP contribution < -0.4 is 0 Å². The SMILES string of the molecule is C=CC(=O)OC(C)CCCCCCCCCCCCCCC. The minimum Gasteiger partial charge on any atom is -0.460 e. The zero-order valence-electron chi connectivity index (χ0n) is 15.1. The Bertz CT molecular complexity index is 260. The van der Waals surface area contributed by atoms with Gasteiger partial charge in [0.2, 0.25) is 0 Å². The smallest absolute Gasteiger partial charge is 0.330 e. The molecule has 0 aliphatic rings. The quantitative estimate of drug-likeness (QED) is 0.183. The second-order valence-electron chi connectivity index (χ2n) is 6.48. The van der Waals surface area contributed by atoms with Gasteiger partial charge >= 0.3 is 5.97 Å². The van der Waals surface area contributed by atoms with Crippen LogP contribution in [0.4, 0.5) is 0 Å². The highest BCUT2D eigenvalue weighted by Gasteiger charge is 2.05. The minimum absolute atomic E-state index is 0.0261. The van der Waals surface area contributed by atoms with Crippen molar-refractivity contribution in [3.8, 4) is 0 Å². The van der Waals surface area contributed by atoms with Crippen molar-refractivity contribution in [1.82, 2.24) is 0 Å². The Labute approximate surface area is 138 Å². The topological polar surface area (TPSA) is 26.3 Å². The molecule has 1 atom stereocenters. The van der Waals surface area contributed by atoms with Crippen LogP contribution in [0, 0.1) is 0 Å². The van der Waals surface area contributed by atoms with Gasteiger partial charge in [-0.25, -0.2) is 4.79 Å². The lowest BCUT2D eigenvalue weighted by Crippen LogP contribution is -2.12. The van der Waals surface area contributed by atoms with Gasteiger partial charge in [-0.1, -0.05) is 90.6 Å². The molecule has 0 radical (unpaired) electrons. The Morgan fingerprint density at radius 2 is 1.27 bits per heavy atom. The molecule has 0 amide bonds. The van der Waals surface area contributed by atoms with E-state index in [9.17, 15) is 4.79 Å². The van der Waals surface area contributed by atoms with E-state index in [2.05, 4.69) is 13.5 Å². The maximum Gasteiger partial charge on any atom is 0.330 e. The van der Waals surface area contributed by atoms with Crippen LogP contribution in [0.1, 0.15) is 104 Å². The molecule has 0 aromatic carbocycles. The molecule has 0 aromatic rings. The van der Waals surface area contributed by atoms with Crippen LogP contribution in [0.25, 0.3) is 0 Å². The number of rotatable bonds is 16. The zero-order chi connectivity index (χ0) is 16.5. The summed E-state index contributed by atoms with van der Waals surface area (Å²) in [6, 6.07) is 0. The van der Waals surface area contributed by atoms with Gasteiger partial charge in [0.15, 0.2) is 0 Å². The van der Waals surface area contributed by atoms with Gasteiger partial charge < -0.3 is 4.74 Å². The van der Waals surface area contributed by atoms with Crippen molar-refractivity contribution in [3.05, 3.63) is 12.7 Å². The fourth-order valence-corrected chi connectivity index (χ4v) is 2.75. The molecule has 0 saturated heterocycles. The Morgan fingerprint density at radius 3 is 1.68 bits per heavy atom. The Morgan fingerprint density at radius 1 is 0.864 bits per heavy atom. The molecule has 0 aromatic heterocycles. The molecule has 0 bridgehead atoms. The molecule has 0 heterocycles. The van der Waals surface area contributed by atoms with Crippen LogP contribution in [0.5, 0.6) is 0 Å². The fraction of sp³-hybridized carbons (Fsp3) is 0.850. The van der Waals surface area contributed by atoms with Crippen LogP contribution in [-0.4, -0.2) is 12.1 Å². The standard InChI is InChI=1S/C20H38O2/c1-4-6-7-8-9-10-11-12-13-14-15-16-17-18-19(3)22-20(21)5-2/h5,19H,2,4,6-18H2,1,3H3. The number of esters is 1. The zero-order valence-corrected chi connectivity index (χ0v) is 15.1. The summed E-state index contributed by atoms with van der Waals surface area (Å²) in [5.74, 6) is -0.304. The van der Waals surface area contributed by atoms with Crippen LogP contribution in [0.2, 0.25) is 0 Å². The minimum atomic E-state index is -0.304. The van der Waals surface area contributed by atoms with Crippen molar-refractivity contribution in [2.75, 3.05) is 0 Å². The van der Waals surface area contributed by atoms with Crippen molar-refractivity contribution in [1.29, 1.82) is 0 Å². The van der Waals surface area contributed by atoms with E-state index >= 15 is 0 Å². The molecule has 2 heteroatoms. The summed E-state index contributed by atoms with van der Waals surface area (Å²) in [5, 5.41) is 0. The van der Waals surface area contributed by atoms with E-state index in [0.717, 1.165) is 12.8 Å². The van der Waals surface area contributed by atoms with Gasteiger partial charge in [-0.3, -0.25) is 0 Å². The van der Waals surface area contributed by atoms with Crippen LogP contribution >= 0.6 is 0 Å². The maximum atomic E-state index is 11.0. The Kier molecular flexibility index (Phi) is 16.0. The third-order valence-electron chi connectivity index (χ3n) is 4.20. The highest BCUT2D eigenvalue weighted by Crippen LogP contribution is 2.13. The fourth-order valence-electron chi connectivity index (χ4n) is 2.75. The first-order chi connectivity index (χ1) is 10.7. The molecule has 2 nitrogen and oxygen atoms in total. The molecule has 22 heavy (non-hydrogen) atoms. The molecule has 0 fully saturated rings. The lowest BCUT2D eigenvalue weighted by Gasteiger charge is -2.11. The van der Waals surface area contributed by atoms with Crippen LogP contribution in [0.3, 0.4) is 0 Å². The predicted molar refractivity (Wildman–Crippen MR) is 96.1 cm³/mol. The molecule has 130 valence electrons. The van der Waals surface area contributed by atoms with E-state index in [0.29, 0.717) is 0 Å². The monoisotopic (exact) mass is 310 g/mol. The third-order valence-corrected chi connectivity index (χ3v) is 4.20. The number of carbonyl (C=O) groups is 1. The summed E-state index contributed by atoms with van der Waals surface area (Å²) in [6.07, 6.45) is 20.0. The molecule has 0 aliphatic carbocycles. The molecule has 0 spiro atoms. The largest absolute Gasteiger partial charge is 0.460 e. The van der Waals surface area contributed by atoms with Gasteiger partial charge in [0.1, 0.15) is 0 Å². The summed E-state index contributed by atoms with van der Waals surface area (Å²) in [7, 11) is 0. The summed E-state index contributed by atoms with van der Waals surface area (Å²) < 4.78 is 5.15. The van der Waals surface area contributed by atoms with Crippen molar-refractivity contribution in [2.45, 2.75) is 110 Å². The molecule has 0 aliphatic heterocycles. The first-order valence-electron chi connectivity index (χ1n) is 9.53. The van der Waals surface area contributed by atoms with E-state index < -0.39 is 0 Å². The van der Waals surface area contributed by atoms with E-state index in [1.54, 1.807) is 0 Å². The number of carbonyl (C=O) groups excluding carboxylic acids is 1. The average molecular weight is 311 g/mol. The summed E-state index contributed by atoms with van der Waals surface area (Å²) in [4.78, 5) is 11.0. The van der Waals surface area contributed by atoms with Crippen molar-refractivity contribution >= 4 is 5.97 Å². The molecular formula is C20H38O2.